The minimum atomic E-state index is -0.506. The molecule has 0 aliphatic carbocycles. The number of piperidine rings is 1. The smallest absolute Gasteiger partial charge is 0.119 e. The van der Waals surface area contributed by atoms with Crippen LogP contribution in [0.5, 0.6) is 5.75 Å². The van der Waals surface area contributed by atoms with Crippen molar-refractivity contribution in [1.82, 2.24) is 4.90 Å². The summed E-state index contributed by atoms with van der Waals surface area (Å²) < 4.78 is 12.0. The zero-order valence-corrected chi connectivity index (χ0v) is 26.6. The molecule has 1 fully saturated rings. The van der Waals surface area contributed by atoms with E-state index in [-0.39, 0.29) is 5.41 Å². The van der Waals surface area contributed by atoms with Crippen molar-refractivity contribution in [3.8, 4) is 5.75 Å². The lowest BCUT2D eigenvalue weighted by molar-refractivity contribution is 0.0169. The average Bonchev–Trinajstić information content (AvgIpc) is 3.06. The summed E-state index contributed by atoms with van der Waals surface area (Å²) in [6.07, 6.45) is 1.52. The molecule has 1 aliphatic rings. The highest BCUT2D eigenvalue weighted by Gasteiger charge is 2.36. The van der Waals surface area contributed by atoms with Crippen molar-refractivity contribution >= 4 is 0 Å². The fraction of sp³-hybridized carbons (Fsp3) is 0.500. The van der Waals surface area contributed by atoms with Crippen LogP contribution < -0.4 is 4.74 Å². The van der Waals surface area contributed by atoms with Crippen LogP contribution in [-0.4, -0.2) is 49.0 Å². The molecule has 4 heteroatoms. The second-order valence-corrected chi connectivity index (χ2v) is 8.70. The molecule has 40 heavy (non-hydrogen) atoms. The Balaban J connectivity index is 0.00000175. The van der Waals surface area contributed by atoms with E-state index in [9.17, 15) is 5.11 Å². The van der Waals surface area contributed by atoms with Gasteiger partial charge < -0.3 is 19.5 Å². The maximum atomic E-state index is 10.5. The lowest BCUT2D eigenvalue weighted by Gasteiger charge is -2.42. The monoisotopic (exact) mass is 551 g/mol. The van der Waals surface area contributed by atoms with Crippen LogP contribution in [-0.2, 0) is 16.8 Å². The predicted molar refractivity (Wildman–Crippen MR) is 173 cm³/mol. The highest BCUT2D eigenvalue weighted by Crippen LogP contribution is 2.36. The first-order valence-electron chi connectivity index (χ1n) is 15.5. The van der Waals surface area contributed by atoms with E-state index in [4.69, 9.17) is 9.47 Å². The van der Waals surface area contributed by atoms with Crippen LogP contribution in [0.15, 0.2) is 91.0 Å². The molecule has 1 unspecified atom stereocenters. The number of hydrogen-bond donors (Lipinski definition) is 1. The third kappa shape index (κ3) is 13.6. The van der Waals surface area contributed by atoms with Crippen LogP contribution in [0.4, 0.5) is 0 Å². The number of nitrogens with zero attached hydrogens (tertiary/aromatic N) is 1. The molecular weight excluding hydrogens is 494 g/mol. The second-order valence-electron chi connectivity index (χ2n) is 8.70. The number of para-hydroxylation sites is 1. The van der Waals surface area contributed by atoms with Gasteiger partial charge in [0.05, 0.1) is 13.2 Å². The molecule has 1 heterocycles. The van der Waals surface area contributed by atoms with Gasteiger partial charge in [-0.25, -0.2) is 0 Å². The van der Waals surface area contributed by atoms with Gasteiger partial charge in [0.1, 0.15) is 18.5 Å². The van der Waals surface area contributed by atoms with Crippen molar-refractivity contribution in [2.24, 2.45) is 0 Å². The van der Waals surface area contributed by atoms with Crippen molar-refractivity contribution in [3.05, 3.63) is 102 Å². The molecule has 224 valence electrons. The fourth-order valence-electron chi connectivity index (χ4n) is 4.47. The van der Waals surface area contributed by atoms with Gasteiger partial charge in [-0.2, -0.15) is 0 Å². The molecule has 0 saturated carbocycles. The van der Waals surface area contributed by atoms with E-state index in [1.54, 1.807) is 0 Å². The standard InChI is InChI=1S/C28H33NO3.4C2H6/c30-26(22-32-27-14-8-3-9-15-27)20-29-18-16-28(17-19-29,25-12-6-2-7-13-25)23-31-21-24-10-4-1-5-11-24;4*1-2/h1-15,26,30H,16-23H2;4*1-2H3. The lowest BCUT2D eigenvalue weighted by Crippen LogP contribution is -2.47. The van der Waals surface area contributed by atoms with Crippen LogP contribution in [0.2, 0.25) is 0 Å². The van der Waals surface area contributed by atoms with E-state index in [1.807, 2.05) is 91.8 Å². The van der Waals surface area contributed by atoms with E-state index in [0.29, 0.717) is 26.4 Å². The van der Waals surface area contributed by atoms with Crippen molar-refractivity contribution in [2.45, 2.75) is 86.4 Å². The van der Waals surface area contributed by atoms with E-state index >= 15 is 0 Å². The van der Waals surface area contributed by atoms with E-state index < -0.39 is 6.10 Å². The van der Waals surface area contributed by atoms with Crippen molar-refractivity contribution in [1.29, 1.82) is 0 Å². The van der Waals surface area contributed by atoms with Gasteiger partial charge in [-0.3, -0.25) is 0 Å². The Morgan fingerprint density at radius 3 is 1.70 bits per heavy atom. The maximum absolute atomic E-state index is 10.5. The summed E-state index contributed by atoms with van der Waals surface area (Å²) in [6, 6.07) is 30.8. The van der Waals surface area contributed by atoms with E-state index in [2.05, 4.69) is 59.5 Å². The van der Waals surface area contributed by atoms with Crippen LogP contribution in [0, 0.1) is 0 Å². The molecule has 0 spiro atoms. The minimum absolute atomic E-state index is 0.0119. The Morgan fingerprint density at radius 1 is 0.700 bits per heavy atom. The zero-order chi connectivity index (χ0) is 30.1. The number of aliphatic hydroxyl groups is 1. The van der Waals surface area contributed by atoms with Crippen molar-refractivity contribution < 1.29 is 14.6 Å². The fourth-order valence-corrected chi connectivity index (χ4v) is 4.47. The van der Waals surface area contributed by atoms with Gasteiger partial charge >= 0.3 is 0 Å². The summed E-state index contributed by atoms with van der Waals surface area (Å²) in [5.74, 6) is 0.795. The van der Waals surface area contributed by atoms with Crippen LogP contribution in [0.1, 0.15) is 79.4 Å². The molecule has 3 aromatic carbocycles. The third-order valence-electron chi connectivity index (χ3n) is 6.34. The maximum Gasteiger partial charge on any atom is 0.119 e. The van der Waals surface area contributed by atoms with Crippen molar-refractivity contribution in [2.75, 3.05) is 32.8 Å². The summed E-state index contributed by atoms with van der Waals surface area (Å²) in [5, 5.41) is 10.5. The molecule has 1 saturated heterocycles. The Morgan fingerprint density at radius 2 is 1.18 bits per heavy atom. The lowest BCUT2D eigenvalue weighted by atomic mass is 9.73. The number of likely N-dealkylation sites (tertiary alicyclic amines) is 1. The van der Waals surface area contributed by atoms with Gasteiger partial charge in [-0.05, 0) is 49.2 Å². The van der Waals surface area contributed by atoms with E-state index in [0.717, 1.165) is 31.7 Å². The summed E-state index contributed by atoms with van der Waals surface area (Å²) in [4.78, 5) is 2.34. The number of aliphatic hydroxyl groups excluding tert-OH is 1. The zero-order valence-electron chi connectivity index (χ0n) is 26.6. The molecule has 0 aromatic heterocycles. The Bertz CT molecular complexity index is 911. The first kappa shape index (κ1) is 37.3. The first-order chi connectivity index (χ1) is 19.7. The second kappa shape index (κ2) is 24.2. The summed E-state index contributed by atoms with van der Waals surface area (Å²) in [6.45, 7) is 20.2. The average molecular weight is 552 g/mol. The molecule has 4 nitrogen and oxygen atoms in total. The van der Waals surface area contributed by atoms with Crippen LogP contribution in [0.3, 0.4) is 0 Å². The highest BCUT2D eigenvalue weighted by molar-refractivity contribution is 5.27. The normalized spacial score (nSPS) is 14.2. The van der Waals surface area contributed by atoms with E-state index in [1.165, 1.54) is 11.1 Å². The number of rotatable bonds is 10. The van der Waals surface area contributed by atoms with Crippen molar-refractivity contribution in [3.63, 3.8) is 0 Å². The molecule has 0 amide bonds. The number of ether oxygens (including phenoxy) is 2. The largest absolute Gasteiger partial charge is 0.491 e. The number of hydrogen-bond acceptors (Lipinski definition) is 4. The van der Waals surface area contributed by atoms with Gasteiger partial charge in [0.2, 0.25) is 0 Å². The van der Waals surface area contributed by atoms with Gasteiger partial charge in [-0.15, -0.1) is 0 Å². The molecular formula is C36H57NO3. The highest BCUT2D eigenvalue weighted by atomic mass is 16.5. The third-order valence-corrected chi connectivity index (χ3v) is 6.34. The summed E-state index contributed by atoms with van der Waals surface area (Å²) in [5.41, 5.74) is 2.56. The number of β-amino-alcohol motifs (C(OH)–C–C–N with tert-alkyl or cyclic N) is 1. The SMILES string of the molecule is CC.CC.CC.CC.OC(COc1ccccc1)CN1CCC(COCc2ccccc2)(c2ccccc2)CC1. The molecule has 0 bridgehead atoms. The topological polar surface area (TPSA) is 41.9 Å². The molecule has 1 N–H and O–H groups in total. The minimum Gasteiger partial charge on any atom is -0.491 e. The van der Waals surface area contributed by atoms with Gasteiger partial charge in [-0.1, -0.05) is 134 Å². The molecule has 1 atom stereocenters. The summed E-state index contributed by atoms with van der Waals surface area (Å²) >= 11 is 0. The van der Waals surface area contributed by atoms with Crippen LogP contribution in [0.25, 0.3) is 0 Å². The Labute approximate surface area is 246 Å². The molecule has 0 radical (unpaired) electrons. The first-order valence-corrected chi connectivity index (χ1v) is 15.5. The molecule has 3 aromatic rings. The molecule has 1 aliphatic heterocycles. The molecule has 4 rings (SSSR count). The predicted octanol–water partition coefficient (Wildman–Crippen LogP) is 8.78. The van der Waals surface area contributed by atoms with Crippen LogP contribution >= 0.6 is 0 Å². The van der Waals surface area contributed by atoms with Gasteiger partial charge in [0.25, 0.3) is 0 Å². The Hall–Kier alpha value is -2.66. The van der Waals surface area contributed by atoms with Gasteiger partial charge in [0.15, 0.2) is 0 Å². The quantitative estimate of drug-likeness (QED) is 0.273. The Kier molecular flexibility index (Phi) is 22.6. The van der Waals surface area contributed by atoms with Gasteiger partial charge in [0, 0.05) is 12.0 Å². The summed E-state index contributed by atoms with van der Waals surface area (Å²) in [7, 11) is 0. The number of benzene rings is 3.